The lowest BCUT2D eigenvalue weighted by Crippen LogP contribution is -2.15. The lowest BCUT2D eigenvalue weighted by Gasteiger charge is -2.07. The molecule has 9 heteroatoms. The van der Waals surface area contributed by atoms with Crippen molar-refractivity contribution in [2.75, 3.05) is 5.43 Å². The second kappa shape index (κ2) is 5.61. The molecule has 0 spiro atoms. The van der Waals surface area contributed by atoms with Gasteiger partial charge in [0.05, 0.1) is 10.6 Å². The molecule has 2 aromatic heterocycles. The number of anilines is 1. The minimum absolute atomic E-state index is 0.0457. The fraction of sp³-hybridized carbons (Fsp3) is 0.364. The summed E-state index contributed by atoms with van der Waals surface area (Å²) in [6, 6.07) is 1.90. The maximum absolute atomic E-state index is 11.2. The molecular formula is C11H15N7O2. The summed E-state index contributed by atoms with van der Waals surface area (Å²) in [4.78, 5) is 18.4. The van der Waals surface area contributed by atoms with Gasteiger partial charge in [0.15, 0.2) is 0 Å². The first-order valence-electron chi connectivity index (χ1n) is 6.16. The lowest BCUT2D eigenvalue weighted by molar-refractivity contribution is -0.384. The molecular weight excluding hydrogens is 262 g/mol. The summed E-state index contributed by atoms with van der Waals surface area (Å²) < 4.78 is 1.47. The minimum atomic E-state index is -0.572. The maximum atomic E-state index is 11.2. The number of nitrogens with one attached hydrogen (secondary N) is 1. The van der Waals surface area contributed by atoms with Crippen LogP contribution in [0.25, 0.3) is 5.82 Å². The first kappa shape index (κ1) is 13.9. The topological polar surface area (TPSA) is 125 Å². The van der Waals surface area contributed by atoms with Gasteiger partial charge in [0.1, 0.15) is 6.33 Å². The van der Waals surface area contributed by atoms with E-state index in [0.29, 0.717) is 6.42 Å². The average molecular weight is 277 g/mol. The van der Waals surface area contributed by atoms with Crippen LogP contribution in [-0.2, 0) is 12.8 Å². The normalized spacial score (nSPS) is 10.6. The van der Waals surface area contributed by atoms with Gasteiger partial charge in [-0.1, -0.05) is 13.8 Å². The van der Waals surface area contributed by atoms with E-state index in [1.165, 1.54) is 11.0 Å². The SMILES string of the molecule is CCc1cc(CC)n(-c2ncnc(NN)c2[N+](=O)[O-])n1. The highest BCUT2D eigenvalue weighted by molar-refractivity contribution is 5.63. The van der Waals surface area contributed by atoms with Crippen LogP contribution >= 0.6 is 0 Å². The van der Waals surface area contributed by atoms with Gasteiger partial charge in [-0.2, -0.15) is 5.10 Å². The number of nitrogens with zero attached hydrogens (tertiary/aromatic N) is 5. The highest BCUT2D eigenvalue weighted by Gasteiger charge is 2.25. The number of rotatable bonds is 5. The van der Waals surface area contributed by atoms with E-state index in [-0.39, 0.29) is 17.3 Å². The number of aryl methyl sites for hydroxylation is 2. The molecule has 2 rings (SSSR count). The van der Waals surface area contributed by atoms with Gasteiger partial charge in [0.25, 0.3) is 0 Å². The molecule has 106 valence electrons. The van der Waals surface area contributed by atoms with Crippen LogP contribution in [0.3, 0.4) is 0 Å². The van der Waals surface area contributed by atoms with E-state index in [0.717, 1.165) is 17.8 Å². The summed E-state index contributed by atoms with van der Waals surface area (Å²) in [6.45, 7) is 3.91. The summed E-state index contributed by atoms with van der Waals surface area (Å²) in [6.07, 6.45) is 2.63. The molecule has 2 aromatic rings. The number of nitrogens with two attached hydrogens (primary N) is 1. The van der Waals surface area contributed by atoms with Crippen molar-refractivity contribution in [3.63, 3.8) is 0 Å². The average Bonchev–Trinajstić information content (AvgIpc) is 2.89. The van der Waals surface area contributed by atoms with E-state index in [2.05, 4.69) is 20.5 Å². The number of nitrogen functional groups attached to an aromatic ring is 1. The molecule has 0 aliphatic rings. The Morgan fingerprint density at radius 3 is 2.70 bits per heavy atom. The van der Waals surface area contributed by atoms with Crippen molar-refractivity contribution in [2.45, 2.75) is 26.7 Å². The second-order valence-corrected chi connectivity index (χ2v) is 4.04. The van der Waals surface area contributed by atoms with Crippen LogP contribution in [0, 0.1) is 10.1 Å². The van der Waals surface area contributed by atoms with E-state index >= 15 is 0 Å². The summed E-state index contributed by atoms with van der Waals surface area (Å²) in [7, 11) is 0. The molecule has 0 fully saturated rings. The molecule has 0 radical (unpaired) electrons. The van der Waals surface area contributed by atoms with Crippen molar-refractivity contribution in [1.82, 2.24) is 19.7 Å². The summed E-state index contributed by atoms with van der Waals surface area (Å²) in [5, 5.41) is 15.6. The van der Waals surface area contributed by atoms with Gasteiger partial charge in [-0.05, 0) is 18.9 Å². The van der Waals surface area contributed by atoms with Crippen LogP contribution in [-0.4, -0.2) is 24.7 Å². The van der Waals surface area contributed by atoms with Gasteiger partial charge in [0.2, 0.25) is 11.6 Å². The molecule has 0 saturated carbocycles. The van der Waals surface area contributed by atoms with Gasteiger partial charge < -0.3 is 5.43 Å². The van der Waals surface area contributed by atoms with E-state index in [9.17, 15) is 10.1 Å². The van der Waals surface area contributed by atoms with Gasteiger partial charge in [0, 0.05) is 5.69 Å². The maximum Gasteiger partial charge on any atom is 0.356 e. The highest BCUT2D eigenvalue weighted by atomic mass is 16.6. The van der Waals surface area contributed by atoms with Crippen LogP contribution < -0.4 is 11.3 Å². The van der Waals surface area contributed by atoms with Crippen molar-refractivity contribution in [2.24, 2.45) is 5.84 Å². The quantitative estimate of drug-likeness (QED) is 0.474. The number of hydrogen-bond acceptors (Lipinski definition) is 7. The van der Waals surface area contributed by atoms with Crippen molar-refractivity contribution < 1.29 is 4.92 Å². The Morgan fingerprint density at radius 1 is 1.40 bits per heavy atom. The van der Waals surface area contributed by atoms with Crippen LogP contribution in [0.4, 0.5) is 11.5 Å². The van der Waals surface area contributed by atoms with Gasteiger partial charge in [-0.25, -0.2) is 20.5 Å². The van der Waals surface area contributed by atoms with Crippen LogP contribution in [0.5, 0.6) is 0 Å². The second-order valence-electron chi connectivity index (χ2n) is 4.04. The van der Waals surface area contributed by atoms with Crippen molar-refractivity contribution in [3.05, 3.63) is 33.9 Å². The molecule has 0 aromatic carbocycles. The monoisotopic (exact) mass is 277 g/mol. The van der Waals surface area contributed by atoms with Crippen LogP contribution in [0.15, 0.2) is 12.4 Å². The first-order chi connectivity index (χ1) is 9.62. The van der Waals surface area contributed by atoms with E-state index in [4.69, 9.17) is 5.84 Å². The molecule has 0 atom stereocenters. The van der Waals surface area contributed by atoms with Crippen molar-refractivity contribution in [3.8, 4) is 5.82 Å². The number of aromatic nitrogens is 4. The van der Waals surface area contributed by atoms with Gasteiger partial charge >= 0.3 is 5.69 Å². The summed E-state index contributed by atoms with van der Waals surface area (Å²) >= 11 is 0. The zero-order valence-corrected chi connectivity index (χ0v) is 11.2. The predicted octanol–water partition coefficient (Wildman–Crippen LogP) is 0.981. The molecule has 0 aliphatic carbocycles. The standard InChI is InChI=1S/C11H15N7O2/c1-3-7-5-8(4-2)17(16-7)11-9(18(19)20)10(15-12)13-6-14-11/h5-6H,3-4,12H2,1-2H3,(H,13,14,15). The highest BCUT2D eigenvalue weighted by Crippen LogP contribution is 2.27. The van der Waals surface area contributed by atoms with Gasteiger partial charge in [-0.15, -0.1) is 0 Å². The Kier molecular flexibility index (Phi) is 3.89. The van der Waals surface area contributed by atoms with Gasteiger partial charge in [-0.3, -0.25) is 10.1 Å². The zero-order valence-electron chi connectivity index (χ0n) is 11.2. The Morgan fingerprint density at radius 2 is 2.15 bits per heavy atom. The molecule has 0 unspecified atom stereocenters. The Labute approximate surface area is 115 Å². The largest absolute Gasteiger partial charge is 0.356 e. The summed E-state index contributed by atoms with van der Waals surface area (Å²) in [5.41, 5.74) is 3.60. The Balaban J connectivity index is 2.69. The Bertz CT molecular complexity index is 638. The third-order valence-corrected chi connectivity index (χ3v) is 2.88. The molecule has 0 saturated heterocycles. The third-order valence-electron chi connectivity index (χ3n) is 2.88. The molecule has 2 heterocycles. The van der Waals surface area contributed by atoms with Crippen molar-refractivity contribution >= 4 is 11.5 Å². The number of nitro groups is 1. The molecule has 3 N–H and O–H groups in total. The third kappa shape index (κ3) is 2.30. The predicted molar refractivity (Wildman–Crippen MR) is 72.4 cm³/mol. The first-order valence-corrected chi connectivity index (χ1v) is 6.16. The van der Waals surface area contributed by atoms with Crippen LogP contribution in [0.2, 0.25) is 0 Å². The molecule has 0 aliphatic heterocycles. The Hall–Kier alpha value is -2.55. The van der Waals surface area contributed by atoms with E-state index < -0.39 is 4.92 Å². The fourth-order valence-corrected chi connectivity index (χ4v) is 1.88. The van der Waals surface area contributed by atoms with Crippen molar-refractivity contribution in [1.29, 1.82) is 0 Å². The fourth-order valence-electron chi connectivity index (χ4n) is 1.88. The van der Waals surface area contributed by atoms with E-state index in [1.807, 2.05) is 19.9 Å². The molecule has 0 bridgehead atoms. The molecule has 20 heavy (non-hydrogen) atoms. The van der Waals surface area contributed by atoms with Crippen LogP contribution in [0.1, 0.15) is 25.2 Å². The van der Waals surface area contributed by atoms with E-state index in [1.54, 1.807) is 0 Å². The molecule has 0 amide bonds. The zero-order chi connectivity index (χ0) is 14.7. The number of hydrogen-bond donors (Lipinski definition) is 2. The lowest BCUT2D eigenvalue weighted by atomic mass is 10.2. The number of hydrazine groups is 1. The summed E-state index contributed by atoms with van der Waals surface area (Å²) in [5.74, 6) is 5.32. The smallest absolute Gasteiger partial charge is 0.303 e. The molecule has 9 nitrogen and oxygen atoms in total. The minimum Gasteiger partial charge on any atom is -0.303 e.